The van der Waals surface area contributed by atoms with Crippen molar-refractivity contribution in [2.75, 3.05) is 26.2 Å². The molecule has 7 nitrogen and oxygen atoms in total. The minimum Gasteiger partial charge on any atom is -0.439 e. The van der Waals surface area contributed by atoms with Gasteiger partial charge in [-0.25, -0.2) is 18.7 Å². The van der Waals surface area contributed by atoms with Crippen molar-refractivity contribution in [2.24, 2.45) is 0 Å². The highest BCUT2D eigenvalue weighted by Crippen LogP contribution is 2.26. The average Bonchev–Trinajstić information content (AvgIpc) is 2.73. The Morgan fingerprint density at radius 2 is 2.07 bits per heavy atom. The van der Waals surface area contributed by atoms with E-state index in [0.29, 0.717) is 30.0 Å². The molecule has 1 aliphatic heterocycles. The van der Waals surface area contributed by atoms with Gasteiger partial charge in [-0.05, 0) is 30.3 Å². The van der Waals surface area contributed by atoms with Crippen molar-refractivity contribution in [1.82, 2.24) is 20.2 Å². The molecule has 1 aliphatic rings. The van der Waals surface area contributed by atoms with Crippen LogP contribution in [0.25, 0.3) is 10.9 Å². The Balaban J connectivity index is 1.46. The number of ketones is 1. The van der Waals surface area contributed by atoms with E-state index in [2.05, 4.69) is 15.3 Å². The van der Waals surface area contributed by atoms with E-state index in [4.69, 9.17) is 4.74 Å². The zero-order chi connectivity index (χ0) is 21.1. The zero-order valence-electron chi connectivity index (χ0n) is 15.8. The summed E-state index contributed by atoms with van der Waals surface area (Å²) in [5.41, 5.74) is 0.768. The first-order valence-corrected chi connectivity index (χ1v) is 9.33. The van der Waals surface area contributed by atoms with Crippen molar-refractivity contribution in [3.05, 3.63) is 59.9 Å². The lowest BCUT2D eigenvalue weighted by Crippen LogP contribution is -2.49. The van der Waals surface area contributed by atoms with E-state index < -0.39 is 6.43 Å². The number of hydrogen-bond acceptors (Lipinski definition) is 6. The molecule has 9 heteroatoms. The van der Waals surface area contributed by atoms with E-state index in [-0.39, 0.29) is 36.2 Å². The van der Waals surface area contributed by atoms with E-state index in [9.17, 15) is 18.4 Å². The van der Waals surface area contributed by atoms with Crippen LogP contribution in [0.3, 0.4) is 0 Å². The Kier molecular flexibility index (Phi) is 5.62. The highest BCUT2D eigenvalue weighted by atomic mass is 19.3. The number of hydrogen-bond donors (Lipinski definition) is 1. The van der Waals surface area contributed by atoms with Crippen LogP contribution in [0.1, 0.15) is 22.5 Å². The molecule has 2 aromatic heterocycles. The summed E-state index contributed by atoms with van der Waals surface area (Å²) in [5.74, 6) is 0.422. The largest absolute Gasteiger partial charge is 0.439 e. The molecule has 0 aliphatic carbocycles. The molecular weight excluding hydrogens is 394 g/mol. The monoisotopic (exact) mass is 412 g/mol. The predicted molar refractivity (Wildman–Crippen MR) is 105 cm³/mol. The SMILES string of the molecule is O=C1CN(CC(=O)c2ccc3cc(Oc4ccc(C(F)F)cn4)ccc3n2)CCN1. The van der Waals surface area contributed by atoms with Gasteiger partial charge in [0.15, 0.2) is 5.78 Å². The molecule has 3 heterocycles. The number of pyridine rings is 2. The number of Topliss-reactive ketones (excluding diaryl/α,β-unsaturated/α-hetero) is 1. The van der Waals surface area contributed by atoms with Gasteiger partial charge >= 0.3 is 0 Å². The smallest absolute Gasteiger partial charge is 0.265 e. The fourth-order valence-corrected chi connectivity index (χ4v) is 3.13. The third kappa shape index (κ3) is 4.57. The number of rotatable bonds is 6. The number of piperazine rings is 1. The highest BCUT2D eigenvalue weighted by molar-refractivity contribution is 5.98. The first kappa shape index (κ1) is 19.8. The summed E-state index contributed by atoms with van der Waals surface area (Å²) >= 11 is 0. The van der Waals surface area contributed by atoms with E-state index >= 15 is 0 Å². The molecule has 0 saturated carbocycles. The molecule has 1 saturated heterocycles. The van der Waals surface area contributed by atoms with Gasteiger partial charge in [0, 0.05) is 36.3 Å². The zero-order valence-corrected chi connectivity index (χ0v) is 15.8. The predicted octanol–water partition coefficient (Wildman–Crippen LogP) is 2.97. The number of nitrogens with zero attached hydrogens (tertiary/aromatic N) is 3. The number of benzene rings is 1. The molecule has 0 bridgehead atoms. The normalized spacial score (nSPS) is 14.7. The van der Waals surface area contributed by atoms with Gasteiger partial charge in [0.05, 0.1) is 18.6 Å². The number of alkyl halides is 2. The standard InChI is InChI=1S/C21H18F2N4O3/c22-21(23)14-2-6-20(25-10-14)30-15-3-5-16-13(9-15)1-4-17(26-16)18(28)11-27-8-7-24-19(29)12-27/h1-6,9-10,21H,7-8,11-12H2,(H,24,29). The van der Waals surface area contributed by atoms with Crippen LogP contribution in [-0.2, 0) is 4.79 Å². The molecule has 1 N–H and O–H groups in total. The number of amides is 1. The minimum absolute atomic E-state index is 0.0913. The summed E-state index contributed by atoms with van der Waals surface area (Å²) in [5, 5.41) is 3.48. The van der Waals surface area contributed by atoms with Gasteiger partial charge in [0.2, 0.25) is 11.8 Å². The lowest BCUT2D eigenvalue weighted by molar-refractivity contribution is -0.123. The first-order valence-electron chi connectivity index (χ1n) is 9.33. The first-order chi connectivity index (χ1) is 14.5. The third-order valence-electron chi connectivity index (χ3n) is 4.66. The van der Waals surface area contributed by atoms with Crippen molar-refractivity contribution < 1.29 is 23.1 Å². The van der Waals surface area contributed by atoms with E-state index in [1.807, 2.05) is 0 Å². The van der Waals surface area contributed by atoms with Crippen molar-refractivity contribution in [2.45, 2.75) is 6.43 Å². The quantitative estimate of drug-likeness (QED) is 0.627. The van der Waals surface area contributed by atoms with Crippen LogP contribution in [0.15, 0.2) is 48.7 Å². The van der Waals surface area contributed by atoms with Gasteiger partial charge in [0.1, 0.15) is 11.4 Å². The van der Waals surface area contributed by atoms with Crippen molar-refractivity contribution in [3.8, 4) is 11.6 Å². The summed E-state index contributed by atoms with van der Waals surface area (Å²) < 4.78 is 30.8. The van der Waals surface area contributed by atoms with Gasteiger partial charge in [-0.3, -0.25) is 14.5 Å². The highest BCUT2D eigenvalue weighted by Gasteiger charge is 2.20. The number of halogens is 2. The molecule has 0 radical (unpaired) electrons. The molecule has 3 aromatic rings. The average molecular weight is 412 g/mol. The molecule has 0 spiro atoms. The maximum atomic E-state index is 12.6. The van der Waals surface area contributed by atoms with E-state index in [0.717, 1.165) is 11.6 Å². The summed E-state index contributed by atoms with van der Waals surface area (Å²) in [6.45, 7) is 1.48. The Morgan fingerprint density at radius 1 is 1.20 bits per heavy atom. The van der Waals surface area contributed by atoms with Gasteiger partial charge in [-0.2, -0.15) is 0 Å². The summed E-state index contributed by atoms with van der Waals surface area (Å²) in [7, 11) is 0. The molecule has 154 valence electrons. The number of nitrogens with one attached hydrogen (secondary N) is 1. The number of aromatic nitrogens is 2. The Morgan fingerprint density at radius 3 is 2.80 bits per heavy atom. The van der Waals surface area contributed by atoms with Crippen LogP contribution in [0.4, 0.5) is 8.78 Å². The van der Waals surface area contributed by atoms with Crippen LogP contribution < -0.4 is 10.1 Å². The summed E-state index contributed by atoms with van der Waals surface area (Å²) in [6, 6.07) is 11.2. The van der Waals surface area contributed by atoms with Gasteiger partial charge in [0.25, 0.3) is 6.43 Å². The van der Waals surface area contributed by atoms with E-state index in [1.165, 1.54) is 12.1 Å². The minimum atomic E-state index is -2.58. The van der Waals surface area contributed by atoms with Crippen molar-refractivity contribution >= 4 is 22.6 Å². The molecule has 1 fully saturated rings. The molecule has 0 atom stereocenters. The van der Waals surface area contributed by atoms with Crippen LogP contribution in [0.5, 0.6) is 11.6 Å². The van der Waals surface area contributed by atoms with Crippen molar-refractivity contribution in [1.29, 1.82) is 0 Å². The van der Waals surface area contributed by atoms with Gasteiger partial charge in [-0.15, -0.1) is 0 Å². The maximum Gasteiger partial charge on any atom is 0.265 e. The Hall–Kier alpha value is -3.46. The fraction of sp³-hybridized carbons (Fsp3) is 0.238. The molecule has 0 unspecified atom stereocenters. The molecule has 1 aromatic carbocycles. The van der Waals surface area contributed by atoms with Crippen molar-refractivity contribution in [3.63, 3.8) is 0 Å². The number of carbonyl (C=O) groups excluding carboxylic acids is 2. The van der Waals surface area contributed by atoms with Crippen LogP contribution in [0.2, 0.25) is 0 Å². The lowest BCUT2D eigenvalue weighted by atomic mass is 10.1. The second-order valence-electron chi connectivity index (χ2n) is 6.87. The third-order valence-corrected chi connectivity index (χ3v) is 4.66. The molecule has 1 amide bonds. The van der Waals surface area contributed by atoms with Gasteiger partial charge < -0.3 is 10.1 Å². The second kappa shape index (κ2) is 8.50. The van der Waals surface area contributed by atoms with E-state index in [1.54, 1.807) is 35.2 Å². The number of fused-ring (bicyclic) bond motifs is 1. The molecular formula is C21H18F2N4O3. The summed E-state index contributed by atoms with van der Waals surface area (Å²) in [6.07, 6.45) is -1.51. The van der Waals surface area contributed by atoms with Gasteiger partial charge in [-0.1, -0.05) is 6.07 Å². The molecule has 30 heavy (non-hydrogen) atoms. The lowest BCUT2D eigenvalue weighted by Gasteiger charge is -2.25. The Bertz CT molecular complexity index is 1090. The summed E-state index contributed by atoms with van der Waals surface area (Å²) in [4.78, 5) is 34.0. The fourth-order valence-electron chi connectivity index (χ4n) is 3.13. The molecule has 4 rings (SSSR count). The van der Waals surface area contributed by atoms with Crippen LogP contribution in [0, 0.1) is 0 Å². The maximum absolute atomic E-state index is 12.6. The number of ether oxygens (including phenoxy) is 1. The number of carbonyl (C=O) groups is 2. The van der Waals surface area contributed by atoms with Crippen LogP contribution >= 0.6 is 0 Å². The second-order valence-corrected chi connectivity index (χ2v) is 6.87. The topological polar surface area (TPSA) is 84.4 Å². The van der Waals surface area contributed by atoms with Crippen LogP contribution in [-0.4, -0.2) is 52.7 Å². The Labute approximate surface area is 170 Å².